The number of imidazole rings is 1. The largest absolute Gasteiger partial charge is 0.462 e. The summed E-state index contributed by atoms with van der Waals surface area (Å²) in [6, 6.07) is 9.52. The number of hydrogen-bond acceptors (Lipinski definition) is 9. The Kier molecular flexibility index (Phi) is 5.39. The second kappa shape index (κ2) is 8.25. The van der Waals surface area contributed by atoms with Gasteiger partial charge in [0.05, 0.1) is 6.61 Å². The lowest BCUT2D eigenvalue weighted by molar-refractivity contribution is -0.277. The number of fused-ring (bicyclic) bond motifs is 2. The molecule has 10 nitrogen and oxygen atoms in total. The highest BCUT2D eigenvalue weighted by atomic mass is 16.7. The topological polar surface area (TPSA) is 147 Å². The number of hydrogen-bond donors (Lipinski definition) is 4. The Balaban J connectivity index is 1.60. The summed E-state index contributed by atoms with van der Waals surface area (Å²) < 4.78 is 19.0. The van der Waals surface area contributed by atoms with Gasteiger partial charge in [-0.3, -0.25) is 4.79 Å². The predicted octanol–water partition coefficient (Wildman–Crippen LogP) is 0.477. The van der Waals surface area contributed by atoms with Crippen LogP contribution in [-0.4, -0.2) is 67.3 Å². The first kappa shape index (κ1) is 21.6. The predicted molar refractivity (Wildman–Crippen MR) is 116 cm³/mol. The van der Waals surface area contributed by atoms with Crippen molar-refractivity contribution in [2.75, 3.05) is 6.61 Å². The lowest BCUT2D eigenvalue weighted by Gasteiger charge is -2.39. The molecule has 2 aromatic rings. The van der Waals surface area contributed by atoms with Crippen molar-refractivity contribution in [2.45, 2.75) is 30.7 Å². The van der Waals surface area contributed by atoms with Crippen molar-refractivity contribution in [3.8, 4) is 28.5 Å². The Hall–Kier alpha value is -3.28. The van der Waals surface area contributed by atoms with Crippen LogP contribution >= 0.6 is 0 Å². The molecule has 1 aliphatic carbocycles. The van der Waals surface area contributed by atoms with Crippen LogP contribution in [-0.2, 0) is 11.8 Å². The first-order chi connectivity index (χ1) is 15.9. The van der Waals surface area contributed by atoms with Crippen molar-refractivity contribution in [1.29, 1.82) is 0 Å². The van der Waals surface area contributed by atoms with Gasteiger partial charge in [0, 0.05) is 48.1 Å². The number of benzene rings is 2. The van der Waals surface area contributed by atoms with Crippen LogP contribution in [0.5, 0.6) is 5.75 Å². The molecular weight excluding hydrogens is 432 g/mol. The summed E-state index contributed by atoms with van der Waals surface area (Å²) >= 11 is 0. The average molecular weight is 454 g/mol. The molecule has 2 aliphatic heterocycles. The number of aromatic nitrogens is 2. The zero-order valence-corrected chi connectivity index (χ0v) is 17.5. The molecule has 33 heavy (non-hydrogen) atoms. The minimum atomic E-state index is -1.56. The molecule has 5 rings (SSSR count). The fraction of sp³-hybridized carbons (Fsp3) is 0.304. The van der Waals surface area contributed by atoms with Crippen molar-refractivity contribution in [2.24, 2.45) is 7.05 Å². The highest BCUT2D eigenvalue weighted by Gasteiger charge is 2.44. The third kappa shape index (κ3) is 3.67. The summed E-state index contributed by atoms with van der Waals surface area (Å²) in [5.74, 6) is 1.30. The molecule has 5 unspecified atom stereocenters. The molecule has 3 heterocycles. The molecule has 0 saturated carbocycles. The number of aryl methyl sites for hydroxylation is 1. The van der Waals surface area contributed by atoms with Crippen LogP contribution < -0.4 is 10.2 Å². The highest BCUT2D eigenvalue weighted by Crippen LogP contribution is 2.40. The van der Waals surface area contributed by atoms with E-state index in [-0.39, 0.29) is 11.2 Å². The fourth-order valence-electron chi connectivity index (χ4n) is 4.07. The summed E-state index contributed by atoms with van der Waals surface area (Å²) in [5.41, 5.74) is 1.69. The number of nitrogens with zero attached hydrogens (tertiary/aromatic N) is 2. The van der Waals surface area contributed by atoms with E-state index >= 15 is 0 Å². The zero-order valence-electron chi connectivity index (χ0n) is 17.5. The van der Waals surface area contributed by atoms with Crippen LogP contribution in [0.2, 0.25) is 0 Å². The van der Waals surface area contributed by atoms with Gasteiger partial charge in [-0.1, -0.05) is 0 Å². The number of aliphatic hydroxyl groups is 4. The summed E-state index contributed by atoms with van der Waals surface area (Å²) in [5, 5.41) is 40.3. The minimum absolute atomic E-state index is 0.204. The molecule has 1 aromatic heterocycles. The molecular formula is C23H22N2O8. The van der Waals surface area contributed by atoms with Gasteiger partial charge < -0.3 is 38.9 Å². The molecule has 172 valence electrons. The van der Waals surface area contributed by atoms with Gasteiger partial charge in [0.2, 0.25) is 6.29 Å². The van der Waals surface area contributed by atoms with E-state index in [4.69, 9.17) is 13.9 Å². The molecule has 0 bridgehead atoms. The molecule has 1 aromatic carbocycles. The Bertz CT molecular complexity index is 1330. The average Bonchev–Trinajstić information content (AvgIpc) is 3.23. The van der Waals surface area contributed by atoms with Gasteiger partial charge in [-0.15, -0.1) is 0 Å². The van der Waals surface area contributed by atoms with Crippen molar-refractivity contribution in [3.63, 3.8) is 0 Å². The third-order valence-corrected chi connectivity index (χ3v) is 5.81. The van der Waals surface area contributed by atoms with Crippen LogP contribution in [0.4, 0.5) is 0 Å². The summed E-state index contributed by atoms with van der Waals surface area (Å²) in [6.07, 6.45) is -3.51. The standard InChI is InChI=1S/C23H22N2O8/c1-25-7-6-24-22(25)18-13-4-2-11(27)8-15(13)32-16-9-12(3-5-14(16)18)31-23-21(30)20(29)19(28)17(10-26)33-23/h2-9,17,19-21,23,26,28-30H,10H2,1H3. The van der Waals surface area contributed by atoms with Crippen molar-refractivity contribution < 1.29 is 34.3 Å². The first-order valence-electron chi connectivity index (χ1n) is 10.3. The van der Waals surface area contributed by atoms with E-state index in [2.05, 4.69) is 4.98 Å². The minimum Gasteiger partial charge on any atom is -0.462 e. The monoisotopic (exact) mass is 454 g/mol. The maximum atomic E-state index is 12.0. The molecule has 1 fully saturated rings. The maximum Gasteiger partial charge on any atom is 0.229 e. The van der Waals surface area contributed by atoms with E-state index < -0.39 is 37.3 Å². The molecule has 0 amide bonds. The molecule has 1 saturated heterocycles. The summed E-state index contributed by atoms with van der Waals surface area (Å²) in [7, 11) is 1.86. The Labute approximate surface area is 187 Å². The second-order valence-corrected chi connectivity index (χ2v) is 7.97. The van der Waals surface area contributed by atoms with Crippen LogP contribution in [0, 0.1) is 0 Å². The van der Waals surface area contributed by atoms with E-state index in [1.807, 2.05) is 17.8 Å². The Morgan fingerprint density at radius 3 is 2.64 bits per heavy atom. The Morgan fingerprint density at radius 1 is 1.09 bits per heavy atom. The van der Waals surface area contributed by atoms with Crippen molar-refractivity contribution >= 4 is 11.0 Å². The molecule has 3 aliphatic rings. The molecule has 4 N–H and O–H groups in total. The fourth-order valence-corrected chi connectivity index (χ4v) is 4.07. The van der Waals surface area contributed by atoms with Gasteiger partial charge in [0.1, 0.15) is 47.3 Å². The number of ether oxygens (including phenoxy) is 2. The molecule has 0 spiro atoms. The van der Waals surface area contributed by atoms with E-state index in [0.717, 1.165) is 16.5 Å². The van der Waals surface area contributed by atoms with Gasteiger partial charge in [-0.2, -0.15) is 0 Å². The third-order valence-electron chi connectivity index (χ3n) is 5.81. The molecule has 5 atom stereocenters. The van der Waals surface area contributed by atoms with Crippen LogP contribution in [0.25, 0.3) is 33.7 Å². The van der Waals surface area contributed by atoms with E-state index in [0.29, 0.717) is 17.2 Å². The molecule has 10 heteroatoms. The van der Waals surface area contributed by atoms with Crippen LogP contribution in [0.15, 0.2) is 58.0 Å². The highest BCUT2D eigenvalue weighted by molar-refractivity contribution is 6.00. The van der Waals surface area contributed by atoms with E-state index in [1.54, 1.807) is 30.5 Å². The lowest BCUT2D eigenvalue weighted by Crippen LogP contribution is -2.60. The first-order valence-corrected chi connectivity index (χ1v) is 10.3. The van der Waals surface area contributed by atoms with Gasteiger partial charge in [0.15, 0.2) is 5.43 Å². The summed E-state index contributed by atoms with van der Waals surface area (Å²) in [6.45, 7) is -0.561. The van der Waals surface area contributed by atoms with Gasteiger partial charge in [-0.25, -0.2) is 4.98 Å². The van der Waals surface area contributed by atoms with Crippen molar-refractivity contribution in [1.82, 2.24) is 9.55 Å². The van der Waals surface area contributed by atoms with E-state index in [1.165, 1.54) is 12.1 Å². The number of rotatable bonds is 4. The van der Waals surface area contributed by atoms with E-state index in [9.17, 15) is 25.2 Å². The van der Waals surface area contributed by atoms with Gasteiger partial charge >= 0.3 is 0 Å². The zero-order chi connectivity index (χ0) is 23.3. The SMILES string of the molecule is Cn1ccnc1-c1c2ccc(=O)cc-2oc2cc(OC3OC(CO)C(O)C(O)C3O)ccc12. The number of aliphatic hydroxyl groups excluding tert-OH is 4. The van der Waals surface area contributed by atoms with Crippen molar-refractivity contribution in [3.05, 3.63) is 59.0 Å². The van der Waals surface area contributed by atoms with Gasteiger partial charge in [0.25, 0.3) is 0 Å². The maximum absolute atomic E-state index is 12.0. The van der Waals surface area contributed by atoms with Gasteiger partial charge in [-0.05, 0) is 24.3 Å². The Morgan fingerprint density at radius 2 is 1.91 bits per heavy atom. The smallest absolute Gasteiger partial charge is 0.229 e. The van der Waals surface area contributed by atoms with Crippen LogP contribution in [0.3, 0.4) is 0 Å². The summed E-state index contributed by atoms with van der Waals surface area (Å²) in [4.78, 5) is 16.4. The van der Waals surface area contributed by atoms with Crippen LogP contribution in [0.1, 0.15) is 0 Å². The molecule has 0 radical (unpaired) electrons. The normalized spacial score (nSPS) is 25.5. The quantitative estimate of drug-likeness (QED) is 0.323. The second-order valence-electron chi connectivity index (χ2n) is 7.97. The lowest BCUT2D eigenvalue weighted by atomic mass is 9.98.